The molecule has 114 valence electrons. The molecule has 0 aliphatic heterocycles. The van der Waals surface area contributed by atoms with Crippen LogP contribution in [0.15, 0.2) is 12.1 Å². The van der Waals surface area contributed by atoms with Crippen LogP contribution in [0.2, 0.25) is 0 Å². The van der Waals surface area contributed by atoms with Crippen LogP contribution in [0.25, 0.3) is 10.6 Å². The van der Waals surface area contributed by atoms with Gasteiger partial charge in [0.1, 0.15) is 5.01 Å². The van der Waals surface area contributed by atoms with Crippen molar-refractivity contribution in [3.8, 4) is 10.6 Å². The third kappa shape index (κ3) is 4.35. The number of thiazole rings is 1. The van der Waals surface area contributed by atoms with E-state index in [1.165, 1.54) is 16.1 Å². The average Bonchev–Trinajstić information content (AvgIpc) is 2.80. The molecule has 0 saturated carbocycles. The van der Waals surface area contributed by atoms with E-state index >= 15 is 0 Å². The second-order valence-corrected chi connectivity index (χ2v) is 6.99. The van der Waals surface area contributed by atoms with Crippen molar-refractivity contribution in [2.45, 2.75) is 47.6 Å². The summed E-state index contributed by atoms with van der Waals surface area (Å²) >= 11 is 1.80. The Bertz CT molecular complexity index is 582. The van der Waals surface area contributed by atoms with Crippen LogP contribution in [-0.2, 0) is 13.0 Å². The van der Waals surface area contributed by atoms with Gasteiger partial charge in [-0.25, -0.2) is 4.98 Å². The lowest BCUT2D eigenvalue weighted by atomic mass is 10.2. The number of hydrogen-bond donors (Lipinski definition) is 1. The first kappa shape index (κ1) is 16.1. The molecule has 2 aromatic heterocycles. The fourth-order valence-electron chi connectivity index (χ4n) is 2.35. The molecule has 2 heterocycles. The second kappa shape index (κ2) is 7.14. The van der Waals surface area contributed by atoms with Crippen molar-refractivity contribution < 1.29 is 0 Å². The van der Waals surface area contributed by atoms with Gasteiger partial charge in [-0.15, -0.1) is 11.3 Å². The Labute approximate surface area is 131 Å². The Kier molecular flexibility index (Phi) is 5.48. The minimum absolute atomic E-state index is 0.674. The summed E-state index contributed by atoms with van der Waals surface area (Å²) in [5.74, 6) is 0.674. The van der Waals surface area contributed by atoms with Crippen molar-refractivity contribution in [3.05, 3.63) is 34.1 Å². The highest BCUT2D eigenvalue weighted by Gasteiger charge is 2.12. The number of hydrogen-bond acceptors (Lipinski definition) is 4. The zero-order chi connectivity index (χ0) is 15.4. The van der Waals surface area contributed by atoms with Crippen LogP contribution < -0.4 is 5.32 Å². The van der Waals surface area contributed by atoms with Crippen LogP contribution in [-0.4, -0.2) is 16.5 Å². The standard InChI is InChI=1S/C17H25N3S/c1-6-15-16(10-18-9-11(2)3)21-17(20-15)14-7-12(4)19-13(5)8-14/h7-8,11,18H,6,9-10H2,1-5H3. The van der Waals surface area contributed by atoms with E-state index in [1.54, 1.807) is 11.3 Å². The fourth-order valence-corrected chi connectivity index (χ4v) is 3.46. The zero-order valence-corrected chi connectivity index (χ0v) is 14.5. The predicted octanol–water partition coefficient (Wildman–Crippen LogP) is 4.13. The van der Waals surface area contributed by atoms with Gasteiger partial charge >= 0.3 is 0 Å². The first-order chi connectivity index (χ1) is 9.99. The molecule has 0 aliphatic rings. The minimum atomic E-state index is 0.674. The summed E-state index contributed by atoms with van der Waals surface area (Å²) in [5, 5.41) is 4.63. The summed E-state index contributed by atoms with van der Waals surface area (Å²) in [5.41, 5.74) is 4.52. The normalized spacial score (nSPS) is 11.3. The van der Waals surface area contributed by atoms with Crippen molar-refractivity contribution in [3.63, 3.8) is 0 Å². The molecule has 0 amide bonds. The van der Waals surface area contributed by atoms with Gasteiger partial charge in [-0.3, -0.25) is 4.98 Å². The summed E-state index contributed by atoms with van der Waals surface area (Å²) in [6.07, 6.45) is 0.984. The maximum absolute atomic E-state index is 4.83. The topological polar surface area (TPSA) is 37.8 Å². The molecule has 0 saturated heterocycles. The number of aromatic nitrogens is 2. The molecule has 0 bridgehead atoms. The third-order valence-corrected chi connectivity index (χ3v) is 4.43. The summed E-state index contributed by atoms with van der Waals surface area (Å²) < 4.78 is 0. The lowest BCUT2D eigenvalue weighted by Gasteiger charge is -2.06. The van der Waals surface area contributed by atoms with Crippen molar-refractivity contribution in [1.82, 2.24) is 15.3 Å². The summed E-state index contributed by atoms with van der Waals surface area (Å²) in [4.78, 5) is 10.6. The van der Waals surface area contributed by atoms with Crippen LogP contribution in [0.1, 0.15) is 42.7 Å². The van der Waals surface area contributed by atoms with Crippen molar-refractivity contribution in [1.29, 1.82) is 0 Å². The Morgan fingerprint density at radius 2 is 1.81 bits per heavy atom. The van der Waals surface area contributed by atoms with Crippen LogP contribution in [0.4, 0.5) is 0 Å². The van der Waals surface area contributed by atoms with Gasteiger partial charge in [0.15, 0.2) is 0 Å². The first-order valence-corrected chi connectivity index (χ1v) is 8.46. The van der Waals surface area contributed by atoms with Gasteiger partial charge in [-0.05, 0) is 44.9 Å². The van der Waals surface area contributed by atoms with Crippen molar-refractivity contribution in [2.75, 3.05) is 6.54 Å². The van der Waals surface area contributed by atoms with Gasteiger partial charge in [0.25, 0.3) is 0 Å². The monoisotopic (exact) mass is 303 g/mol. The van der Waals surface area contributed by atoms with Crippen molar-refractivity contribution >= 4 is 11.3 Å². The van der Waals surface area contributed by atoms with E-state index in [-0.39, 0.29) is 0 Å². The molecule has 0 fully saturated rings. The first-order valence-electron chi connectivity index (χ1n) is 7.64. The van der Waals surface area contributed by atoms with E-state index in [1.807, 2.05) is 13.8 Å². The van der Waals surface area contributed by atoms with Gasteiger partial charge in [0.05, 0.1) is 5.69 Å². The number of nitrogens with zero attached hydrogens (tertiary/aromatic N) is 2. The molecule has 2 aromatic rings. The molecule has 4 heteroatoms. The maximum Gasteiger partial charge on any atom is 0.124 e. The van der Waals surface area contributed by atoms with Gasteiger partial charge in [-0.2, -0.15) is 0 Å². The molecule has 0 atom stereocenters. The largest absolute Gasteiger partial charge is 0.312 e. The summed E-state index contributed by atoms with van der Waals surface area (Å²) in [6.45, 7) is 12.7. The molecular formula is C17H25N3S. The molecule has 0 radical (unpaired) electrons. The quantitative estimate of drug-likeness (QED) is 0.872. The minimum Gasteiger partial charge on any atom is -0.312 e. The fraction of sp³-hybridized carbons (Fsp3) is 0.529. The van der Waals surface area contributed by atoms with E-state index < -0.39 is 0 Å². The van der Waals surface area contributed by atoms with E-state index in [0.29, 0.717) is 5.92 Å². The van der Waals surface area contributed by atoms with Crippen LogP contribution in [0, 0.1) is 19.8 Å². The molecule has 0 unspecified atom stereocenters. The SMILES string of the molecule is CCc1nc(-c2cc(C)nc(C)c2)sc1CNCC(C)C. The smallest absolute Gasteiger partial charge is 0.124 e. The van der Waals surface area contributed by atoms with Gasteiger partial charge < -0.3 is 5.32 Å². The van der Waals surface area contributed by atoms with E-state index in [9.17, 15) is 0 Å². The molecule has 3 nitrogen and oxygen atoms in total. The molecule has 21 heavy (non-hydrogen) atoms. The summed E-state index contributed by atoms with van der Waals surface area (Å²) in [7, 11) is 0. The lowest BCUT2D eigenvalue weighted by molar-refractivity contribution is 0.553. The Morgan fingerprint density at radius 1 is 1.14 bits per heavy atom. The number of nitrogens with one attached hydrogen (secondary N) is 1. The lowest BCUT2D eigenvalue weighted by Crippen LogP contribution is -2.18. The number of aryl methyl sites for hydroxylation is 3. The molecule has 2 rings (SSSR count). The van der Waals surface area contributed by atoms with E-state index in [0.717, 1.165) is 35.9 Å². The predicted molar refractivity (Wildman–Crippen MR) is 90.7 cm³/mol. The molecule has 0 aromatic carbocycles. The van der Waals surface area contributed by atoms with E-state index in [4.69, 9.17) is 4.98 Å². The summed E-state index contributed by atoms with van der Waals surface area (Å²) in [6, 6.07) is 4.24. The van der Waals surface area contributed by atoms with Gasteiger partial charge in [-0.1, -0.05) is 20.8 Å². The molecule has 0 aliphatic carbocycles. The Balaban J connectivity index is 2.23. The Hall–Kier alpha value is -1.26. The van der Waals surface area contributed by atoms with Gasteiger partial charge in [0, 0.05) is 28.4 Å². The van der Waals surface area contributed by atoms with Crippen molar-refractivity contribution in [2.24, 2.45) is 5.92 Å². The van der Waals surface area contributed by atoms with Crippen LogP contribution in [0.5, 0.6) is 0 Å². The third-order valence-electron chi connectivity index (χ3n) is 3.28. The Morgan fingerprint density at radius 3 is 2.38 bits per heavy atom. The van der Waals surface area contributed by atoms with Crippen LogP contribution in [0.3, 0.4) is 0 Å². The number of rotatable bonds is 6. The highest BCUT2D eigenvalue weighted by molar-refractivity contribution is 7.15. The highest BCUT2D eigenvalue weighted by atomic mass is 32.1. The number of pyridine rings is 1. The average molecular weight is 303 g/mol. The van der Waals surface area contributed by atoms with Gasteiger partial charge in [0.2, 0.25) is 0 Å². The van der Waals surface area contributed by atoms with E-state index in [2.05, 4.69) is 43.2 Å². The maximum atomic E-state index is 4.83. The second-order valence-electron chi connectivity index (χ2n) is 5.91. The highest BCUT2D eigenvalue weighted by Crippen LogP contribution is 2.29. The zero-order valence-electron chi connectivity index (χ0n) is 13.7. The van der Waals surface area contributed by atoms with Crippen LogP contribution >= 0.6 is 11.3 Å². The molecule has 1 N–H and O–H groups in total. The molecule has 0 spiro atoms. The molecular weight excluding hydrogens is 278 g/mol.